The fourth-order valence-electron chi connectivity index (χ4n) is 2.51. The van der Waals surface area contributed by atoms with Crippen LogP contribution in [0.5, 0.6) is 0 Å². The van der Waals surface area contributed by atoms with E-state index in [1.165, 1.54) is 0 Å². The lowest BCUT2D eigenvalue weighted by Gasteiger charge is -2.08. The average Bonchev–Trinajstić information content (AvgIpc) is 2.99. The second-order valence-electron chi connectivity index (χ2n) is 5.20. The Morgan fingerprint density at radius 3 is 2.27 bits per heavy atom. The molecular weight excluding hydrogens is 272 g/mol. The molecular formula is C20H18O2. The summed E-state index contributed by atoms with van der Waals surface area (Å²) in [6, 6.07) is 21.5. The summed E-state index contributed by atoms with van der Waals surface area (Å²) in [4.78, 5) is 0. The summed E-state index contributed by atoms with van der Waals surface area (Å²) in [7, 11) is 0. The molecule has 1 unspecified atom stereocenters. The molecule has 1 heterocycles. The van der Waals surface area contributed by atoms with E-state index in [0.29, 0.717) is 6.42 Å². The number of hydrogen-bond donors (Lipinski definition) is 1. The first-order chi connectivity index (χ1) is 10.8. The Labute approximate surface area is 130 Å². The molecule has 1 N–H and O–H groups in total. The molecule has 1 atom stereocenters. The van der Waals surface area contributed by atoms with Gasteiger partial charge in [-0.15, -0.1) is 0 Å². The van der Waals surface area contributed by atoms with Crippen LogP contribution in [0.4, 0.5) is 0 Å². The SMILES string of the molecule is C=Cc1cc(CC(O)c2ccccc2)oc1-c1ccccc1. The molecule has 110 valence electrons. The quantitative estimate of drug-likeness (QED) is 0.727. The van der Waals surface area contributed by atoms with Crippen molar-refractivity contribution >= 4 is 6.08 Å². The first-order valence-corrected chi connectivity index (χ1v) is 7.31. The third-order valence-corrected chi connectivity index (χ3v) is 3.65. The summed E-state index contributed by atoms with van der Waals surface area (Å²) < 4.78 is 5.95. The highest BCUT2D eigenvalue weighted by Gasteiger charge is 2.15. The van der Waals surface area contributed by atoms with Gasteiger partial charge in [0.15, 0.2) is 0 Å². The van der Waals surface area contributed by atoms with Crippen LogP contribution in [0.3, 0.4) is 0 Å². The molecule has 0 saturated carbocycles. The maximum atomic E-state index is 10.3. The van der Waals surface area contributed by atoms with Gasteiger partial charge < -0.3 is 9.52 Å². The molecule has 1 aromatic heterocycles. The predicted molar refractivity (Wildman–Crippen MR) is 89.3 cm³/mol. The van der Waals surface area contributed by atoms with Gasteiger partial charge in [-0.1, -0.05) is 73.3 Å². The van der Waals surface area contributed by atoms with Crippen LogP contribution < -0.4 is 0 Å². The van der Waals surface area contributed by atoms with Gasteiger partial charge in [0, 0.05) is 17.5 Å². The van der Waals surface area contributed by atoms with E-state index >= 15 is 0 Å². The van der Waals surface area contributed by atoms with Crippen molar-refractivity contribution in [3.63, 3.8) is 0 Å². The van der Waals surface area contributed by atoms with Crippen molar-refractivity contribution < 1.29 is 9.52 Å². The maximum absolute atomic E-state index is 10.3. The smallest absolute Gasteiger partial charge is 0.141 e. The van der Waals surface area contributed by atoms with E-state index in [2.05, 4.69) is 6.58 Å². The minimum Gasteiger partial charge on any atom is -0.460 e. The molecule has 0 spiro atoms. The van der Waals surface area contributed by atoms with E-state index in [-0.39, 0.29) is 0 Å². The van der Waals surface area contributed by atoms with Gasteiger partial charge in [0.2, 0.25) is 0 Å². The lowest BCUT2D eigenvalue weighted by molar-refractivity contribution is 0.171. The Morgan fingerprint density at radius 1 is 1.00 bits per heavy atom. The highest BCUT2D eigenvalue weighted by Crippen LogP contribution is 2.30. The molecule has 0 bridgehead atoms. The van der Waals surface area contributed by atoms with Crippen molar-refractivity contribution in [3.05, 3.63) is 90.2 Å². The van der Waals surface area contributed by atoms with Crippen molar-refractivity contribution in [3.8, 4) is 11.3 Å². The second kappa shape index (κ2) is 6.46. The Kier molecular flexibility index (Phi) is 4.22. The van der Waals surface area contributed by atoms with Crippen molar-refractivity contribution in [1.82, 2.24) is 0 Å². The Hall–Kier alpha value is -2.58. The molecule has 0 aliphatic rings. The van der Waals surface area contributed by atoms with Gasteiger partial charge in [-0.25, -0.2) is 0 Å². The van der Waals surface area contributed by atoms with E-state index in [0.717, 1.165) is 28.2 Å². The Morgan fingerprint density at radius 2 is 1.64 bits per heavy atom. The summed E-state index contributed by atoms with van der Waals surface area (Å²) in [5, 5.41) is 10.3. The van der Waals surface area contributed by atoms with Gasteiger partial charge in [0.1, 0.15) is 11.5 Å². The Balaban J connectivity index is 1.87. The van der Waals surface area contributed by atoms with E-state index in [1.54, 1.807) is 6.08 Å². The first kappa shape index (κ1) is 14.4. The van der Waals surface area contributed by atoms with Gasteiger partial charge in [-0.2, -0.15) is 0 Å². The van der Waals surface area contributed by atoms with E-state index in [1.807, 2.05) is 66.7 Å². The highest BCUT2D eigenvalue weighted by molar-refractivity contribution is 5.70. The number of rotatable bonds is 5. The highest BCUT2D eigenvalue weighted by atomic mass is 16.3. The van der Waals surface area contributed by atoms with Gasteiger partial charge in [-0.3, -0.25) is 0 Å². The summed E-state index contributed by atoms with van der Waals surface area (Å²) in [6.07, 6.45) is 1.65. The van der Waals surface area contributed by atoms with Crippen LogP contribution >= 0.6 is 0 Å². The van der Waals surface area contributed by atoms with E-state index in [4.69, 9.17) is 4.42 Å². The maximum Gasteiger partial charge on any atom is 0.141 e. The molecule has 2 nitrogen and oxygen atoms in total. The number of furan rings is 1. The first-order valence-electron chi connectivity index (χ1n) is 7.31. The molecule has 22 heavy (non-hydrogen) atoms. The van der Waals surface area contributed by atoms with Crippen LogP contribution in [-0.4, -0.2) is 5.11 Å². The summed E-state index contributed by atoms with van der Waals surface area (Å²) >= 11 is 0. The molecule has 0 aliphatic carbocycles. The molecule has 3 aromatic rings. The van der Waals surface area contributed by atoms with Crippen molar-refractivity contribution in [2.24, 2.45) is 0 Å². The molecule has 0 saturated heterocycles. The van der Waals surface area contributed by atoms with Crippen LogP contribution in [0.15, 0.2) is 77.7 Å². The van der Waals surface area contributed by atoms with Gasteiger partial charge in [-0.05, 0) is 11.6 Å². The van der Waals surface area contributed by atoms with Crippen LogP contribution in [0, 0.1) is 0 Å². The third kappa shape index (κ3) is 3.02. The number of aliphatic hydroxyl groups excluding tert-OH is 1. The average molecular weight is 290 g/mol. The molecule has 2 heteroatoms. The van der Waals surface area contributed by atoms with Crippen LogP contribution in [0.25, 0.3) is 17.4 Å². The predicted octanol–water partition coefficient (Wildman–Crippen LogP) is 4.87. The fourth-order valence-corrected chi connectivity index (χ4v) is 2.51. The third-order valence-electron chi connectivity index (χ3n) is 3.65. The molecule has 0 fully saturated rings. The monoisotopic (exact) mass is 290 g/mol. The summed E-state index contributed by atoms with van der Waals surface area (Å²) in [5.41, 5.74) is 2.85. The zero-order valence-electron chi connectivity index (χ0n) is 12.3. The van der Waals surface area contributed by atoms with E-state index in [9.17, 15) is 5.11 Å². The molecule has 0 aliphatic heterocycles. The minimum atomic E-state index is -0.575. The Bertz CT molecular complexity index is 742. The van der Waals surface area contributed by atoms with Crippen molar-refractivity contribution in [2.45, 2.75) is 12.5 Å². The standard InChI is InChI=1S/C20H18O2/c1-2-15-13-18(14-19(21)16-9-5-3-6-10-16)22-20(15)17-11-7-4-8-12-17/h2-13,19,21H,1,14H2. The lowest BCUT2D eigenvalue weighted by atomic mass is 10.0. The zero-order chi connectivity index (χ0) is 15.4. The number of hydrogen-bond acceptors (Lipinski definition) is 2. The minimum absolute atomic E-state index is 0.442. The molecule has 3 rings (SSSR count). The fraction of sp³-hybridized carbons (Fsp3) is 0.100. The van der Waals surface area contributed by atoms with Gasteiger partial charge >= 0.3 is 0 Å². The zero-order valence-corrected chi connectivity index (χ0v) is 12.3. The van der Waals surface area contributed by atoms with Crippen molar-refractivity contribution in [2.75, 3.05) is 0 Å². The topological polar surface area (TPSA) is 33.4 Å². The van der Waals surface area contributed by atoms with Gasteiger partial charge in [0.25, 0.3) is 0 Å². The normalized spacial score (nSPS) is 12.0. The van der Waals surface area contributed by atoms with Gasteiger partial charge in [0.05, 0.1) is 6.10 Å². The number of benzene rings is 2. The molecule has 2 aromatic carbocycles. The van der Waals surface area contributed by atoms with Crippen LogP contribution in [0.1, 0.15) is 23.0 Å². The molecule has 0 amide bonds. The lowest BCUT2D eigenvalue weighted by Crippen LogP contribution is -2.00. The largest absolute Gasteiger partial charge is 0.460 e. The number of aliphatic hydroxyl groups is 1. The van der Waals surface area contributed by atoms with Crippen LogP contribution in [-0.2, 0) is 6.42 Å². The van der Waals surface area contributed by atoms with Crippen molar-refractivity contribution in [1.29, 1.82) is 0 Å². The van der Waals surface area contributed by atoms with E-state index < -0.39 is 6.10 Å². The second-order valence-corrected chi connectivity index (χ2v) is 5.20. The molecule has 0 radical (unpaired) electrons. The summed E-state index contributed by atoms with van der Waals surface area (Å²) in [6.45, 7) is 3.85. The van der Waals surface area contributed by atoms with Crippen LogP contribution in [0.2, 0.25) is 0 Å². The summed E-state index contributed by atoms with van der Waals surface area (Å²) in [5.74, 6) is 1.55.